The summed E-state index contributed by atoms with van der Waals surface area (Å²) in [6.07, 6.45) is 4.49. The number of anilines is 1. The average molecular weight is 285 g/mol. The summed E-state index contributed by atoms with van der Waals surface area (Å²) >= 11 is 0. The van der Waals surface area contributed by atoms with E-state index in [1.54, 1.807) is 19.2 Å². The molecule has 1 aliphatic rings. The smallest absolute Gasteiger partial charge is 0.387 e. The minimum absolute atomic E-state index is 0.166. The Morgan fingerprint density at radius 2 is 2.10 bits per heavy atom. The molecule has 0 heterocycles. The molecule has 1 aromatic carbocycles. The monoisotopic (exact) mass is 285 g/mol. The van der Waals surface area contributed by atoms with Crippen molar-refractivity contribution in [1.82, 2.24) is 0 Å². The fourth-order valence-corrected chi connectivity index (χ4v) is 2.73. The van der Waals surface area contributed by atoms with Gasteiger partial charge in [0.15, 0.2) is 0 Å². The van der Waals surface area contributed by atoms with E-state index in [4.69, 9.17) is 4.74 Å². The Morgan fingerprint density at radius 3 is 2.75 bits per heavy atom. The first-order valence-electron chi connectivity index (χ1n) is 6.98. The summed E-state index contributed by atoms with van der Waals surface area (Å²) in [5, 5.41) is 3.32. The minimum atomic E-state index is -2.82. The third-order valence-corrected chi connectivity index (χ3v) is 3.70. The second-order valence-electron chi connectivity index (χ2n) is 5.35. The van der Waals surface area contributed by atoms with Crippen molar-refractivity contribution < 1.29 is 18.3 Å². The summed E-state index contributed by atoms with van der Waals surface area (Å²) in [4.78, 5) is 0. The SMILES string of the molecule is COc1ccc(OC(F)F)c(NC2CCCC(C)C2)c1. The molecule has 0 saturated heterocycles. The average Bonchev–Trinajstić information content (AvgIpc) is 2.40. The van der Waals surface area contributed by atoms with Gasteiger partial charge < -0.3 is 14.8 Å². The van der Waals surface area contributed by atoms with Crippen LogP contribution in [0.5, 0.6) is 11.5 Å². The predicted molar refractivity (Wildman–Crippen MR) is 74.7 cm³/mol. The lowest BCUT2D eigenvalue weighted by Gasteiger charge is -2.29. The zero-order valence-corrected chi connectivity index (χ0v) is 11.9. The number of methoxy groups -OCH3 is 1. The molecule has 0 radical (unpaired) electrons. The van der Waals surface area contributed by atoms with Crippen LogP contribution in [0.15, 0.2) is 18.2 Å². The molecule has 0 amide bonds. The third-order valence-electron chi connectivity index (χ3n) is 3.70. The second kappa shape index (κ2) is 6.77. The van der Waals surface area contributed by atoms with Crippen molar-refractivity contribution in [2.75, 3.05) is 12.4 Å². The Balaban J connectivity index is 2.14. The highest BCUT2D eigenvalue weighted by Crippen LogP contribution is 2.33. The first kappa shape index (κ1) is 14.9. The van der Waals surface area contributed by atoms with Gasteiger partial charge in [-0.25, -0.2) is 0 Å². The number of nitrogens with one attached hydrogen (secondary N) is 1. The van der Waals surface area contributed by atoms with Gasteiger partial charge in [-0.15, -0.1) is 0 Å². The second-order valence-corrected chi connectivity index (χ2v) is 5.35. The van der Waals surface area contributed by atoms with Gasteiger partial charge in [0.25, 0.3) is 0 Å². The summed E-state index contributed by atoms with van der Waals surface area (Å²) < 4.78 is 34.6. The fourth-order valence-electron chi connectivity index (χ4n) is 2.73. The molecule has 0 aliphatic heterocycles. The van der Waals surface area contributed by atoms with E-state index in [-0.39, 0.29) is 5.75 Å². The van der Waals surface area contributed by atoms with E-state index < -0.39 is 6.61 Å². The molecule has 1 aromatic rings. The van der Waals surface area contributed by atoms with Gasteiger partial charge in [0, 0.05) is 12.1 Å². The quantitative estimate of drug-likeness (QED) is 0.875. The summed E-state index contributed by atoms with van der Waals surface area (Å²) in [5.74, 6) is 1.45. The maximum atomic E-state index is 12.4. The molecule has 1 aliphatic carbocycles. The van der Waals surface area contributed by atoms with Gasteiger partial charge in [-0.3, -0.25) is 0 Å². The highest BCUT2D eigenvalue weighted by Gasteiger charge is 2.20. The third kappa shape index (κ3) is 3.99. The number of ether oxygens (including phenoxy) is 2. The topological polar surface area (TPSA) is 30.5 Å². The van der Waals surface area contributed by atoms with Gasteiger partial charge in [0.05, 0.1) is 12.8 Å². The Kier molecular flexibility index (Phi) is 5.04. The van der Waals surface area contributed by atoms with Gasteiger partial charge in [0.1, 0.15) is 11.5 Å². The van der Waals surface area contributed by atoms with E-state index in [0.29, 0.717) is 23.4 Å². The molecule has 5 heteroatoms. The van der Waals surface area contributed by atoms with Gasteiger partial charge in [0.2, 0.25) is 0 Å². The van der Waals surface area contributed by atoms with Crippen LogP contribution in [0.25, 0.3) is 0 Å². The van der Waals surface area contributed by atoms with E-state index in [2.05, 4.69) is 17.0 Å². The van der Waals surface area contributed by atoms with E-state index in [1.165, 1.54) is 12.5 Å². The fraction of sp³-hybridized carbons (Fsp3) is 0.600. The van der Waals surface area contributed by atoms with Crippen LogP contribution in [0, 0.1) is 5.92 Å². The number of rotatable bonds is 5. The number of hydrogen-bond acceptors (Lipinski definition) is 3. The van der Waals surface area contributed by atoms with Crippen LogP contribution < -0.4 is 14.8 Å². The van der Waals surface area contributed by atoms with Gasteiger partial charge >= 0.3 is 6.61 Å². The number of halogens is 2. The maximum Gasteiger partial charge on any atom is 0.387 e. The zero-order valence-electron chi connectivity index (χ0n) is 11.9. The zero-order chi connectivity index (χ0) is 14.5. The summed E-state index contributed by atoms with van der Waals surface area (Å²) in [5.41, 5.74) is 0.573. The van der Waals surface area contributed by atoms with Crippen molar-refractivity contribution in [1.29, 1.82) is 0 Å². The Bertz CT molecular complexity index is 440. The Labute approximate surface area is 118 Å². The molecule has 2 rings (SSSR count). The lowest BCUT2D eigenvalue weighted by atomic mass is 9.87. The molecular formula is C15H21F2NO2. The van der Waals surface area contributed by atoms with Crippen molar-refractivity contribution in [3.8, 4) is 11.5 Å². The first-order chi connectivity index (χ1) is 9.58. The summed E-state index contributed by atoms with van der Waals surface area (Å²) in [6.45, 7) is -0.607. The first-order valence-corrected chi connectivity index (χ1v) is 6.98. The van der Waals surface area contributed by atoms with Crippen LogP contribution in [0.3, 0.4) is 0 Å². The molecule has 0 aromatic heterocycles. The van der Waals surface area contributed by atoms with Gasteiger partial charge in [-0.05, 0) is 30.9 Å². The van der Waals surface area contributed by atoms with Crippen LogP contribution >= 0.6 is 0 Å². The van der Waals surface area contributed by atoms with Gasteiger partial charge in [-0.1, -0.05) is 19.8 Å². The molecule has 1 fully saturated rings. The highest BCUT2D eigenvalue weighted by atomic mass is 19.3. The van der Waals surface area contributed by atoms with Crippen molar-refractivity contribution in [3.63, 3.8) is 0 Å². The largest absolute Gasteiger partial charge is 0.497 e. The molecule has 112 valence electrons. The van der Waals surface area contributed by atoms with E-state index in [1.807, 2.05) is 0 Å². The van der Waals surface area contributed by atoms with Crippen LogP contribution in [-0.2, 0) is 0 Å². The lowest BCUT2D eigenvalue weighted by molar-refractivity contribution is -0.0494. The Hall–Kier alpha value is -1.52. The maximum absolute atomic E-state index is 12.4. The van der Waals surface area contributed by atoms with Crippen molar-refractivity contribution >= 4 is 5.69 Å². The van der Waals surface area contributed by atoms with E-state index >= 15 is 0 Å². The number of alkyl halides is 2. The molecular weight excluding hydrogens is 264 g/mol. The summed E-state index contributed by atoms with van der Waals surface area (Å²) in [7, 11) is 1.55. The number of hydrogen-bond donors (Lipinski definition) is 1. The van der Waals surface area contributed by atoms with Gasteiger partial charge in [-0.2, -0.15) is 8.78 Å². The molecule has 1 N–H and O–H groups in total. The molecule has 2 atom stereocenters. The number of benzene rings is 1. The Morgan fingerprint density at radius 1 is 1.30 bits per heavy atom. The molecule has 1 saturated carbocycles. The standard InChI is InChI=1S/C15H21F2NO2/c1-10-4-3-5-11(8-10)18-13-9-12(19-2)6-7-14(13)20-15(16)17/h6-7,9-11,15,18H,3-5,8H2,1-2H3. The van der Waals surface area contributed by atoms with Crippen LogP contribution in [0.2, 0.25) is 0 Å². The normalized spacial score (nSPS) is 22.6. The predicted octanol–water partition coefficient (Wildman–Crippen LogP) is 4.29. The van der Waals surface area contributed by atoms with Crippen LogP contribution in [0.1, 0.15) is 32.6 Å². The van der Waals surface area contributed by atoms with Crippen molar-refractivity contribution in [3.05, 3.63) is 18.2 Å². The molecule has 0 spiro atoms. The van der Waals surface area contributed by atoms with Crippen LogP contribution in [-0.4, -0.2) is 19.8 Å². The molecule has 20 heavy (non-hydrogen) atoms. The summed E-state index contributed by atoms with van der Waals surface area (Å²) in [6, 6.07) is 5.13. The van der Waals surface area contributed by atoms with Crippen LogP contribution in [0.4, 0.5) is 14.5 Å². The van der Waals surface area contributed by atoms with E-state index in [9.17, 15) is 8.78 Å². The molecule has 2 unspecified atom stereocenters. The van der Waals surface area contributed by atoms with E-state index in [0.717, 1.165) is 19.3 Å². The lowest BCUT2D eigenvalue weighted by Crippen LogP contribution is -2.26. The molecule has 3 nitrogen and oxygen atoms in total. The molecule has 0 bridgehead atoms. The minimum Gasteiger partial charge on any atom is -0.497 e. The van der Waals surface area contributed by atoms with Crippen molar-refractivity contribution in [2.24, 2.45) is 5.92 Å². The highest BCUT2D eigenvalue weighted by molar-refractivity contribution is 5.60. The van der Waals surface area contributed by atoms with Crippen molar-refractivity contribution in [2.45, 2.75) is 45.3 Å².